The van der Waals surface area contributed by atoms with E-state index in [-0.39, 0.29) is 24.2 Å². The first-order valence-electron chi connectivity index (χ1n) is 6.14. The molecular weight excluding hydrogens is 246 g/mol. The Hall–Kier alpha value is -2.31. The molecule has 0 aromatic carbocycles. The molecule has 3 heterocycles. The van der Waals surface area contributed by atoms with Crippen molar-refractivity contribution in [3.63, 3.8) is 0 Å². The van der Waals surface area contributed by atoms with Crippen LogP contribution in [0.4, 0.5) is 0 Å². The molecule has 1 N–H and O–H groups in total. The molecule has 0 radical (unpaired) electrons. The molecule has 1 atom stereocenters. The zero-order valence-corrected chi connectivity index (χ0v) is 10.2. The Labute approximate surface area is 109 Å². The van der Waals surface area contributed by atoms with Crippen LogP contribution in [0, 0.1) is 0 Å². The topological polar surface area (TPSA) is 87.6 Å². The quantitative estimate of drug-likeness (QED) is 0.787. The molecule has 1 saturated heterocycles. The number of rotatable bonds is 2. The van der Waals surface area contributed by atoms with Crippen LogP contribution in [0.1, 0.15) is 24.5 Å². The minimum atomic E-state index is -0.229. The number of nitrogens with one attached hydrogen (secondary N) is 1. The molecule has 2 aliphatic rings. The Morgan fingerprint density at radius 3 is 3.00 bits per heavy atom. The van der Waals surface area contributed by atoms with E-state index in [9.17, 15) is 9.59 Å². The summed E-state index contributed by atoms with van der Waals surface area (Å²) in [4.78, 5) is 33.2. The Morgan fingerprint density at radius 1 is 1.42 bits per heavy atom. The standard InChI is InChI=1S/C12H13N5O2/c18-11-5-9(15-16-11)12(19)17-4-1-8(7-17)10-6-13-2-3-14-10/h2-3,6,8H,1,4-5,7H2,(H,16,18). The minimum absolute atomic E-state index is 0.0745. The summed E-state index contributed by atoms with van der Waals surface area (Å²) >= 11 is 0. The Balaban J connectivity index is 1.66. The van der Waals surface area contributed by atoms with Gasteiger partial charge in [0.05, 0.1) is 12.1 Å². The second-order valence-corrected chi connectivity index (χ2v) is 4.64. The predicted molar refractivity (Wildman–Crippen MR) is 66.2 cm³/mol. The smallest absolute Gasteiger partial charge is 0.270 e. The first-order valence-corrected chi connectivity index (χ1v) is 6.14. The van der Waals surface area contributed by atoms with Crippen molar-refractivity contribution in [2.45, 2.75) is 18.8 Å². The molecule has 0 saturated carbocycles. The van der Waals surface area contributed by atoms with Crippen molar-refractivity contribution in [1.82, 2.24) is 20.3 Å². The summed E-state index contributed by atoms with van der Waals surface area (Å²) in [5.41, 5.74) is 3.50. The van der Waals surface area contributed by atoms with Gasteiger partial charge in [-0.15, -0.1) is 0 Å². The van der Waals surface area contributed by atoms with E-state index in [0.717, 1.165) is 12.1 Å². The first kappa shape index (κ1) is 11.8. The van der Waals surface area contributed by atoms with Crippen molar-refractivity contribution >= 4 is 17.5 Å². The van der Waals surface area contributed by atoms with E-state index in [1.807, 2.05) is 0 Å². The fraction of sp³-hybridized carbons (Fsp3) is 0.417. The highest BCUT2D eigenvalue weighted by Crippen LogP contribution is 2.25. The average molecular weight is 259 g/mol. The van der Waals surface area contributed by atoms with E-state index in [0.29, 0.717) is 18.8 Å². The number of aromatic nitrogens is 2. The summed E-state index contributed by atoms with van der Waals surface area (Å²) in [7, 11) is 0. The summed E-state index contributed by atoms with van der Waals surface area (Å²) in [5.74, 6) is -0.180. The van der Waals surface area contributed by atoms with Crippen molar-refractivity contribution in [3.05, 3.63) is 24.3 Å². The van der Waals surface area contributed by atoms with E-state index in [1.54, 1.807) is 23.5 Å². The van der Waals surface area contributed by atoms with Gasteiger partial charge in [-0.05, 0) is 6.42 Å². The summed E-state index contributed by atoms with van der Waals surface area (Å²) in [5, 5.41) is 3.76. The van der Waals surface area contributed by atoms with Crippen molar-refractivity contribution in [3.8, 4) is 0 Å². The van der Waals surface area contributed by atoms with E-state index < -0.39 is 0 Å². The van der Waals surface area contributed by atoms with Gasteiger partial charge in [0.25, 0.3) is 5.91 Å². The Bertz CT molecular complexity index is 542. The monoisotopic (exact) mass is 259 g/mol. The lowest BCUT2D eigenvalue weighted by molar-refractivity contribution is -0.124. The molecule has 2 amide bonds. The molecule has 7 nitrogen and oxygen atoms in total. The van der Waals surface area contributed by atoms with Crippen molar-refractivity contribution in [2.75, 3.05) is 13.1 Å². The third kappa shape index (κ3) is 2.31. The molecule has 1 aromatic rings. The van der Waals surface area contributed by atoms with Crippen LogP contribution in [-0.2, 0) is 9.59 Å². The highest BCUT2D eigenvalue weighted by atomic mass is 16.2. The number of carbonyl (C=O) groups is 2. The summed E-state index contributed by atoms with van der Waals surface area (Å²) in [6.07, 6.45) is 5.95. The highest BCUT2D eigenvalue weighted by Gasteiger charge is 2.32. The summed E-state index contributed by atoms with van der Waals surface area (Å²) in [6.45, 7) is 1.26. The first-order chi connectivity index (χ1) is 9.24. The molecule has 0 bridgehead atoms. The fourth-order valence-electron chi connectivity index (χ4n) is 2.37. The van der Waals surface area contributed by atoms with Crippen LogP contribution < -0.4 is 5.43 Å². The summed E-state index contributed by atoms with van der Waals surface area (Å²) in [6, 6.07) is 0. The van der Waals surface area contributed by atoms with E-state index in [2.05, 4.69) is 20.5 Å². The van der Waals surface area contributed by atoms with E-state index >= 15 is 0 Å². The van der Waals surface area contributed by atoms with Gasteiger partial charge in [0.15, 0.2) is 0 Å². The maximum atomic E-state index is 12.1. The molecule has 98 valence electrons. The van der Waals surface area contributed by atoms with Crippen LogP contribution in [0.25, 0.3) is 0 Å². The molecule has 1 unspecified atom stereocenters. The molecule has 19 heavy (non-hydrogen) atoms. The molecule has 0 aliphatic carbocycles. The average Bonchev–Trinajstić information content (AvgIpc) is 3.08. The second-order valence-electron chi connectivity index (χ2n) is 4.64. The normalized spacial score (nSPS) is 22.3. The van der Waals surface area contributed by atoms with Gasteiger partial charge in [-0.1, -0.05) is 0 Å². The van der Waals surface area contributed by atoms with Crippen LogP contribution in [-0.4, -0.2) is 45.5 Å². The molecule has 1 aromatic heterocycles. The second kappa shape index (κ2) is 4.75. The van der Waals surface area contributed by atoms with Gasteiger partial charge in [-0.2, -0.15) is 5.10 Å². The largest absolute Gasteiger partial charge is 0.337 e. The number of hydrogen-bond acceptors (Lipinski definition) is 5. The minimum Gasteiger partial charge on any atom is -0.337 e. The molecule has 1 fully saturated rings. The zero-order valence-electron chi connectivity index (χ0n) is 10.2. The Morgan fingerprint density at radius 2 is 2.32 bits per heavy atom. The maximum Gasteiger partial charge on any atom is 0.270 e. The van der Waals surface area contributed by atoms with Crippen LogP contribution >= 0.6 is 0 Å². The number of nitrogens with zero attached hydrogens (tertiary/aromatic N) is 4. The van der Waals surface area contributed by atoms with Gasteiger partial charge in [0, 0.05) is 37.6 Å². The van der Waals surface area contributed by atoms with Crippen LogP contribution in [0.2, 0.25) is 0 Å². The van der Waals surface area contributed by atoms with Gasteiger partial charge < -0.3 is 4.90 Å². The van der Waals surface area contributed by atoms with Crippen LogP contribution in [0.3, 0.4) is 0 Å². The number of amides is 2. The maximum absolute atomic E-state index is 12.1. The van der Waals surface area contributed by atoms with Gasteiger partial charge in [-0.25, -0.2) is 5.43 Å². The van der Waals surface area contributed by atoms with Crippen LogP contribution in [0.15, 0.2) is 23.7 Å². The highest BCUT2D eigenvalue weighted by molar-refractivity contribution is 6.43. The fourth-order valence-corrected chi connectivity index (χ4v) is 2.37. The molecule has 7 heteroatoms. The van der Waals surface area contributed by atoms with Crippen molar-refractivity contribution in [2.24, 2.45) is 5.10 Å². The van der Waals surface area contributed by atoms with Crippen molar-refractivity contribution in [1.29, 1.82) is 0 Å². The molecule has 2 aliphatic heterocycles. The Kier molecular flexibility index (Phi) is 2.94. The van der Waals surface area contributed by atoms with Gasteiger partial charge >= 0.3 is 0 Å². The number of carbonyl (C=O) groups excluding carboxylic acids is 2. The predicted octanol–water partition coefficient (Wildman–Crippen LogP) is -0.332. The number of hydrazone groups is 1. The lowest BCUT2D eigenvalue weighted by Crippen LogP contribution is -2.34. The third-order valence-corrected chi connectivity index (χ3v) is 3.37. The zero-order chi connectivity index (χ0) is 13.2. The lowest BCUT2D eigenvalue weighted by Gasteiger charge is -2.15. The molecule has 3 rings (SSSR count). The van der Waals surface area contributed by atoms with Crippen LogP contribution in [0.5, 0.6) is 0 Å². The number of likely N-dealkylation sites (tertiary alicyclic amines) is 1. The van der Waals surface area contributed by atoms with E-state index in [4.69, 9.17) is 0 Å². The molecular formula is C12H13N5O2. The lowest BCUT2D eigenvalue weighted by atomic mass is 10.1. The number of hydrogen-bond donors (Lipinski definition) is 1. The van der Waals surface area contributed by atoms with E-state index in [1.165, 1.54) is 0 Å². The molecule has 0 spiro atoms. The summed E-state index contributed by atoms with van der Waals surface area (Å²) < 4.78 is 0. The van der Waals surface area contributed by atoms with Crippen molar-refractivity contribution < 1.29 is 9.59 Å². The third-order valence-electron chi connectivity index (χ3n) is 3.37. The van der Waals surface area contributed by atoms with Gasteiger partial charge in [0.2, 0.25) is 5.91 Å². The SMILES string of the molecule is O=C1CC(C(=O)N2CCC(c3cnccn3)C2)=NN1. The van der Waals surface area contributed by atoms with Gasteiger partial charge in [0.1, 0.15) is 5.71 Å². The van der Waals surface area contributed by atoms with Gasteiger partial charge in [-0.3, -0.25) is 19.6 Å².